The first-order chi connectivity index (χ1) is 9.83. The second kappa shape index (κ2) is 5.02. The average molecular weight is 305 g/mol. The molecule has 1 N–H and O–H groups in total. The van der Waals surface area contributed by atoms with Crippen LogP contribution in [0.3, 0.4) is 0 Å². The normalized spacial score (nSPS) is 23.6. The van der Waals surface area contributed by atoms with Gasteiger partial charge in [-0.1, -0.05) is 48.1 Å². The van der Waals surface area contributed by atoms with Crippen LogP contribution in [0.5, 0.6) is 0 Å². The van der Waals surface area contributed by atoms with Crippen molar-refractivity contribution in [3.8, 4) is 0 Å². The fourth-order valence-corrected chi connectivity index (χ4v) is 5.03. The summed E-state index contributed by atoms with van der Waals surface area (Å²) < 4.78 is 3.34. The molecule has 0 spiro atoms. The first-order valence-corrected chi connectivity index (χ1v) is 8.60. The second-order valence-electron chi connectivity index (χ2n) is 5.18. The predicted molar refractivity (Wildman–Crippen MR) is 82.5 cm³/mol. The lowest BCUT2D eigenvalue weighted by Gasteiger charge is -2.25. The van der Waals surface area contributed by atoms with E-state index < -0.39 is 0 Å². The number of fused-ring (bicyclic) bond motifs is 3. The summed E-state index contributed by atoms with van der Waals surface area (Å²) in [6.45, 7) is 0. The lowest BCUT2D eigenvalue weighted by molar-refractivity contribution is 0.137. The number of aliphatic hydroxyl groups is 1. The van der Waals surface area contributed by atoms with Crippen molar-refractivity contribution in [2.24, 2.45) is 0 Å². The van der Waals surface area contributed by atoms with Gasteiger partial charge in [-0.15, -0.1) is 10.2 Å². The van der Waals surface area contributed by atoms with Crippen LogP contribution in [-0.2, 0) is 0 Å². The minimum Gasteiger partial charge on any atom is -0.392 e. The predicted octanol–water partition coefficient (Wildman–Crippen LogP) is 3.34. The molecule has 2 unspecified atom stereocenters. The number of hydrogen-bond acceptors (Lipinski definition) is 5. The first-order valence-electron chi connectivity index (χ1n) is 6.90. The van der Waals surface area contributed by atoms with Gasteiger partial charge in [0.1, 0.15) is 0 Å². The fraction of sp³-hybridized carbons (Fsp3) is 0.429. The molecule has 104 valence electrons. The Morgan fingerprint density at radius 1 is 1.20 bits per heavy atom. The van der Waals surface area contributed by atoms with Crippen LogP contribution in [0.4, 0.5) is 0 Å². The lowest BCUT2D eigenvalue weighted by Crippen LogP contribution is -2.26. The number of rotatable bonds is 2. The molecule has 0 bridgehead atoms. The van der Waals surface area contributed by atoms with Crippen LogP contribution in [0.25, 0.3) is 15.2 Å². The summed E-state index contributed by atoms with van der Waals surface area (Å²) in [6, 6.07) is 8.30. The number of para-hydroxylation sites is 1. The number of thioether (sulfide) groups is 1. The molecule has 1 aromatic carbocycles. The van der Waals surface area contributed by atoms with E-state index in [1.807, 2.05) is 12.1 Å². The topological polar surface area (TPSA) is 50.4 Å². The van der Waals surface area contributed by atoms with Gasteiger partial charge in [0.05, 0.1) is 16.3 Å². The third kappa shape index (κ3) is 2.03. The van der Waals surface area contributed by atoms with Crippen molar-refractivity contribution in [1.82, 2.24) is 14.6 Å². The van der Waals surface area contributed by atoms with E-state index in [9.17, 15) is 5.11 Å². The Balaban J connectivity index is 1.75. The van der Waals surface area contributed by atoms with E-state index in [2.05, 4.69) is 26.7 Å². The molecule has 1 aliphatic rings. The van der Waals surface area contributed by atoms with Crippen molar-refractivity contribution in [2.45, 2.75) is 42.2 Å². The smallest absolute Gasteiger partial charge is 0.217 e. The van der Waals surface area contributed by atoms with Gasteiger partial charge in [-0.05, 0) is 25.0 Å². The Morgan fingerprint density at radius 2 is 2.05 bits per heavy atom. The number of benzene rings is 1. The number of aromatic nitrogens is 3. The Hall–Kier alpha value is -1.11. The molecule has 1 aliphatic carbocycles. The van der Waals surface area contributed by atoms with Crippen molar-refractivity contribution in [1.29, 1.82) is 0 Å². The summed E-state index contributed by atoms with van der Waals surface area (Å²) in [7, 11) is 0. The molecule has 4 rings (SSSR count). The highest BCUT2D eigenvalue weighted by atomic mass is 32.2. The average Bonchev–Trinajstić information content (AvgIpc) is 3.01. The van der Waals surface area contributed by atoms with Gasteiger partial charge in [-0.25, -0.2) is 0 Å². The van der Waals surface area contributed by atoms with Crippen molar-refractivity contribution < 1.29 is 5.11 Å². The third-order valence-electron chi connectivity index (χ3n) is 3.84. The minimum atomic E-state index is -0.217. The van der Waals surface area contributed by atoms with Gasteiger partial charge in [-0.3, -0.25) is 4.40 Å². The fourth-order valence-electron chi connectivity index (χ4n) is 2.78. The SMILES string of the molecule is OC1CCCCC1Sc1nnc2sc3ccccc3n12. The maximum absolute atomic E-state index is 10.1. The van der Waals surface area contributed by atoms with Gasteiger partial charge in [0.15, 0.2) is 5.16 Å². The van der Waals surface area contributed by atoms with Gasteiger partial charge in [-0.2, -0.15) is 0 Å². The number of aliphatic hydroxyl groups excluding tert-OH is 1. The molecule has 2 aromatic heterocycles. The van der Waals surface area contributed by atoms with Gasteiger partial charge in [0, 0.05) is 5.25 Å². The van der Waals surface area contributed by atoms with Gasteiger partial charge in [0.2, 0.25) is 4.96 Å². The van der Waals surface area contributed by atoms with Crippen molar-refractivity contribution >= 4 is 38.3 Å². The maximum atomic E-state index is 10.1. The number of thiazole rings is 1. The van der Waals surface area contributed by atoms with Gasteiger partial charge in [0.25, 0.3) is 0 Å². The summed E-state index contributed by atoms with van der Waals surface area (Å²) in [5.74, 6) is 0. The molecular formula is C14H15N3OS2. The zero-order chi connectivity index (χ0) is 13.5. The molecule has 20 heavy (non-hydrogen) atoms. The van der Waals surface area contributed by atoms with Crippen molar-refractivity contribution in [3.05, 3.63) is 24.3 Å². The summed E-state index contributed by atoms with van der Waals surface area (Å²) >= 11 is 3.33. The van der Waals surface area contributed by atoms with Crippen LogP contribution in [0.15, 0.2) is 29.4 Å². The second-order valence-corrected chi connectivity index (χ2v) is 7.39. The van der Waals surface area contributed by atoms with E-state index in [0.717, 1.165) is 34.9 Å². The first kappa shape index (κ1) is 12.6. The lowest BCUT2D eigenvalue weighted by atomic mass is 9.97. The van der Waals surface area contributed by atoms with Crippen molar-refractivity contribution in [2.75, 3.05) is 0 Å². The van der Waals surface area contributed by atoms with Crippen LogP contribution in [0, 0.1) is 0 Å². The van der Waals surface area contributed by atoms with Crippen molar-refractivity contribution in [3.63, 3.8) is 0 Å². The van der Waals surface area contributed by atoms with E-state index in [-0.39, 0.29) is 11.4 Å². The molecule has 0 amide bonds. The zero-order valence-electron chi connectivity index (χ0n) is 10.9. The molecule has 4 nitrogen and oxygen atoms in total. The monoisotopic (exact) mass is 305 g/mol. The summed E-state index contributed by atoms with van der Waals surface area (Å²) in [4.78, 5) is 0.930. The molecule has 6 heteroatoms. The summed E-state index contributed by atoms with van der Waals surface area (Å²) in [5, 5.41) is 19.9. The Labute approximate surface area is 124 Å². The van der Waals surface area contributed by atoms with E-state index in [1.165, 1.54) is 11.1 Å². The van der Waals surface area contributed by atoms with Crippen LogP contribution < -0.4 is 0 Å². The molecule has 1 saturated carbocycles. The minimum absolute atomic E-state index is 0.217. The van der Waals surface area contributed by atoms with E-state index >= 15 is 0 Å². The Bertz CT molecular complexity index is 751. The highest BCUT2D eigenvalue weighted by molar-refractivity contribution is 7.99. The Morgan fingerprint density at radius 3 is 2.95 bits per heavy atom. The largest absolute Gasteiger partial charge is 0.392 e. The molecule has 0 aliphatic heterocycles. The molecular weight excluding hydrogens is 290 g/mol. The summed E-state index contributed by atoms with van der Waals surface area (Å²) in [6.07, 6.45) is 4.08. The standard InChI is InChI=1S/C14H15N3OS2/c18-10-6-2-4-8-12(10)20-14-16-15-13-17(14)9-5-1-3-7-11(9)19-13/h1,3,5,7,10,12,18H,2,4,6,8H2. The number of hydrogen-bond donors (Lipinski definition) is 1. The van der Waals surface area contributed by atoms with Gasteiger partial charge < -0.3 is 5.11 Å². The molecule has 2 heterocycles. The highest BCUT2D eigenvalue weighted by Crippen LogP contribution is 2.36. The third-order valence-corrected chi connectivity index (χ3v) is 6.18. The van der Waals surface area contributed by atoms with Crippen LogP contribution in [0.1, 0.15) is 25.7 Å². The van der Waals surface area contributed by atoms with Gasteiger partial charge >= 0.3 is 0 Å². The van der Waals surface area contributed by atoms with E-state index in [0.29, 0.717) is 0 Å². The van der Waals surface area contributed by atoms with E-state index in [4.69, 9.17) is 0 Å². The maximum Gasteiger partial charge on any atom is 0.217 e. The highest BCUT2D eigenvalue weighted by Gasteiger charge is 2.26. The van der Waals surface area contributed by atoms with Crippen LogP contribution in [-0.4, -0.2) is 31.1 Å². The molecule has 1 fully saturated rings. The molecule has 0 radical (unpaired) electrons. The Kier molecular flexibility index (Phi) is 3.17. The molecule has 2 atom stereocenters. The summed E-state index contributed by atoms with van der Waals surface area (Å²) in [5.41, 5.74) is 1.16. The number of nitrogens with zero attached hydrogens (tertiary/aromatic N) is 3. The molecule has 3 aromatic rings. The quantitative estimate of drug-likeness (QED) is 0.789. The van der Waals surface area contributed by atoms with E-state index in [1.54, 1.807) is 23.1 Å². The molecule has 0 saturated heterocycles. The van der Waals surface area contributed by atoms with Crippen LogP contribution in [0.2, 0.25) is 0 Å². The zero-order valence-corrected chi connectivity index (χ0v) is 12.5. The van der Waals surface area contributed by atoms with Crippen LogP contribution >= 0.6 is 23.1 Å².